The number of halogens is 1. The van der Waals surface area contributed by atoms with Crippen LogP contribution in [-0.4, -0.2) is 23.6 Å². The van der Waals surface area contributed by atoms with Gasteiger partial charge in [0.1, 0.15) is 0 Å². The minimum absolute atomic E-state index is 0.0846. The number of benzene rings is 1. The maximum atomic E-state index is 12.9. The fourth-order valence-electron chi connectivity index (χ4n) is 5.64. The van der Waals surface area contributed by atoms with Crippen molar-refractivity contribution in [1.29, 1.82) is 0 Å². The minimum Gasteiger partial charge on any atom is -0.225 e. The molecular weight excluding hydrogens is 501 g/mol. The van der Waals surface area contributed by atoms with Crippen molar-refractivity contribution in [3.63, 3.8) is 0 Å². The first-order chi connectivity index (χ1) is 13.3. The Balaban J connectivity index is 1.57. The second kappa shape index (κ2) is 7.99. The number of rotatable bonds is 5. The van der Waals surface area contributed by atoms with Crippen LogP contribution in [0.15, 0.2) is 40.3 Å². The lowest BCUT2D eigenvalue weighted by atomic mass is 9.61. The van der Waals surface area contributed by atoms with E-state index in [9.17, 15) is 8.42 Å². The third kappa shape index (κ3) is 3.69. The summed E-state index contributed by atoms with van der Waals surface area (Å²) in [5, 5.41) is 0. The lowest BCUT2D eigenvalue weighted by Crippen LogP contribution is -2.36. The van der Waals surface area contributed by atoms with Crippen molar-refractivity contribution >= 4 is 54.0 Å². The molecule has 0 radical (unpaired) electrons. The van der Waals surface area contributed by atoms with E-state index in [1.165, 1.54) is 47.0 Å². The monoisotopic (exact) mass is 529 g/mol. The normalized spacial score (nSPS) is 30.6. The summed E-state index contributed by atoms with van der Waals surface area (Å²) in [5.41, 5.74) is 2.51. The Kier molecular flexibility index (Phi) is 5.93. The first-order valence-corrected chi connectivity index (χ1v) is 14.2. The smallest absolute Gasteiger partial charge is 0.210 e. The van der Waals surface area contributed by atoms with E-state index in [1.54, 1.807) is 0 Å². The maximum absolute atomic E-state index is 12.9. The highest BCUT2D eigenvalue weighted by Crippen LogP contribution is 2.59. The molecule has 1 aromatic carbocycles. The van der Waals surface area contributed by atoms with E-state index in [2.05, 4.69) is 41.4 Å². The Morgan fingerprint density at radius 1 is 1.36 bits per heavy atom. The second-order valence-electron chi connectivity index (χ2n) is 8.74. The van der Waals surface area contributed by atoms with Crippen LogP contribution < -0.4 is 0 Å². The van der Waals surface area contributed by atoms with Crippen LogP contribution in [0.4, 0.5) is 0 Å². The van der Waals surface area contributed by atoms with Crippen molar-refractivity contribution in [2.75, 3.05) is 10.2 Å². The molecule has 6 heteroatoms. The molecule has 2 saturated carbocycles. The molecule has 2 aromatic rings. The van der Waals surface area contributed by atoms with Crippen LogP contribution in [0.5, 0.6) is 0 Å². The third-order valence-corrected chi connectivity index (χ3v) is 11.5. The highest BCUT2D eigenvalue weighted by Gasteiger charge is 2.50. The van der Waals surface area contributed by atoms with Crippen LogP contribution in [0, 0.1) is 23.2 Å². The van der Waals surface area contributed by atoms with E-state index in [0.29, 0.717) is 11.3 Å². The predicted molar refractivity (Wildman–Crippen MR) is 126 cm³/mol. The number of allylic oxidation sites excluding steroid dienone is 1. The zero-order valence-electron chi connectivity index (χ0n) is 16.5. The van der Waals surface area contributed by atoms with Crippen LogP contribution in [0.3, 0.4) is 0 Å². The van der Waals surface area contributed by atoms with Gasteiger partial charge in [0.2, 0.25) is 14.2 Å². The molecule has 0 amide bonds. The zero-order chi connectivity index (χ0) is 19.9. The zero-order valence-corrected chi connectivity index (χ0v) is 20.3. The Morgan fingerprint density at radius 3 is 2.89 bits per heavy atom. The highest BCUT2D eigenvalue weighted by molar-refractivity contribution is 14.1. The number of sulfone groups is 1. The number of alkyl halides is 1. The molecular formula is C22H28INO2S2. The highest BCUT2D eigenvalue weighted by atomic mass is 127. The van der Waals surface area contributed by atoms with Crippen molar-refractivity contribution in [1.82, 2.24) is 4.98 Å². The van der Waals surface area contributed by atoms with Gasteiger partial charge in [-0.25, -0.2) is 13.4 Å². The van der Waals surface area contributed by atoms with Gasteiger partial charge >= 0.3 is 0 Å². The Morgan fingerprint density at radius 2 is 2.14 bits per heavy atom. The summed E-state index contributed by atoms with van der Waals surface area (Å²) in [6, 6.07) is 7.64. The first kappa shape index (κ1) is 20.8. The minimum atomic E-state index is -3.37. The van der Waals surface area contributed by atoms with Gasteiger partial charge in [0.15, 0.2) is 0 Å². The summed E-state index contributed by atoms with van der Waals surface area (Å²) in [6.07, 6.45) is 8.07. The number of para-hydroxylation sites is 1. The number of hydrogen-bond acceptors (Lipinski definition) is 4. The average molecular weight is 530 g/mol. The topological polar surface area (TPSA) is 47.0 Å². The first-order valence-electron chi connectivity index (χ1n) is 10.2. The quantitative estimate of drug-likeness (QED) is 0.260. The summed E-state index contributed by atoms with van der Waals surface area (Å²) >= 11 is 3.81. The number of hydrogen-bond donors (Lipinski definition) is 0. The summed E-state index contributed by atoms with van der Waals surface area (Å²) in [5.74, 6) is 2.14. The van der Waals surface area contributed by atoms with E-state index in [1.807, 2.05) is 30.3 Å². The molecule has 0 saturated heterocycles. The maximum Gasteiger partial charge on any atom is 0.210 e. The van der Waals surface area contributed by atoms with E-state index in [0.717, 1.165) is 28.5 Å². The Bertz CT molecular complexity index is 964. The summed E-state index contributed by atoms with van der Waals surface area (Å²) in [6.45, 7) is 4.85. The summed E-state index contributed by atoms with van der Waals surface area (Å²) in [7, 11) is -3.37. The lowest BCUT2D eigenvalue weighted by molar-refractivity contribution is 0.106. The van der Waals surface area contributed by atoms with Gasteiger partial charge in [-0.05, 0) is 67.4 Å². The van der Waals surface area contributed by atoms with Crippen molar-refractivity contribution in [3.8, 4) is 0 Å². The lowest BCUT2D eigenvalue weighted by Gasteiger charge is -2.44. The fraction of sp³-hybridized carbons (Fsp3) is 0.591. The van der Waals surface area contributed by atoms with Crippen LogP contribution in [0.1, 0.15) is 46.0 Å². The van der Waals surface area contributed by atoms with Crippen LogP contribution in [0.2, 0.25) is 0 Å². The molecule has 1 aromatic heterocycles. The fourth-order valence-corrected chi connectivity index (χ4v) is 8.74. The van der Waals surface area contributed by atoms with E-state index in [-0.39, 0.29) is 10.1 Å². The summed E-state index contributed by atoms with van der Waals surface area (Å²) < 4.78 is 28.3. The number of aromatic nitrogens is 1. The van der Waals surface area contributed by atoms with Gasteiger partial charge in [-0.3, -0.25) is 0 Å². The Hall–Kier alpha value is -0.470. The van der Waals surface area contributed by atoms with Crippen molar-refractivity contribution < 1.29 is 8.42 Å². The molecule has 28 heavy (non-hydrogen) atoms. The molecule has 0 bridgehead atoms. The molecule has 152 valence electrons. The van der Waals surface area contributed by atoms with Crippen LogP contribution in [-0.2, 0) is 9.84 Å². The molecule has 4 atom stereocenters. The third-order valence-electron chi connectivity index (χ3n) is 7.07. The van der Waals surface area contributed by atoms with Gasteiger partial charge in [0.25, 0.3) is 0 Å². The molecule has 1 heterocycles. The number of fused-ring (bicyclic) bond motifs is 2. The van der Waals surface area contributed by atoms with Gasteiger partial charge < -0.3 is 0 Å². The SMILES string of the molecule is C[C@@H](CI)[C@H]1CC[C@H]2/C(=C/CS(=O)(=O)c3nc4ccccc4s3)CCC[C@]12C. The van der Waals surface area contributed by atoms with Crippen molar-refractivity contribution in [2.24, 2.45) is 23.2 Å². The summed E-state index contributed by atoms with van der Waals surface area (Å²) in [4.78, 5) is 4.38. The predicted octanol–water partition coefficient (Wildman–Crippen LogP) is 6.28. The van der Waals surface area contributed by atoms with Crippen LogP contribution in [0.25, 0.3) is 10.2 Å². The largest absolute Gasteiger partial charge is 0.225 e. The van der Waals surface area contributed by atoms with Gasteiger partial charge in [-0.15, -0.1) is 11.3 Å². The standard InChI is InChI=1S/C22H28INO2S2/c1-15(14-23)17-9-10-18-16(6-5-12-22(17,18)2)11-13-28(25,26)21-24-19-7-3-4-8-20(19)27-21/h3-4,7-8,11,15,17-18H,5-6,9-10,12-14H2,1-2H3/b16-11+/t15-,17+,18-,22+/m0/s1. The molecule has 0 N–H and O–H groups in total. The van der Waals surface area contributed by atoms with Gasteiger partial charge in [-0.2, -0.15) is 0 Å². The van der Waals surface area contributed by atoms with E-state index in [4.69, 9.17) is 0 Å². The average Bonchev–Trinajstić information content (AvgIpc) is 3.27. The molecule has 2 aliphatic carbocycles. The van der Waals surface area contributed by atoms with Crippen molar-refractivity contribution in [2.45, 2.75) is 50.3 Å². The molecule has 2 fully saturated rings. The number of nitrogens with zero attached hydrogens (tertiary/aromatic N) is 1. The number of thiazole rings is 1. The van der Waals surface area contributed by atoms with E-state index < -0.39 is 9.84 Å². The molecule has 3 nitrogen and oxygen atoms in total. The van der Waals surface area contributed by atoms with Crippen molar-refractivity contribution in [3.05, 3.63) is 35.9 Å². The van der Waals surface area contributed by atoms with Gasteiger partial charge in [-0.1, -0.05) is 60.2 Å². The van der Waals surface area contributed by atoms with Gasteiger partial charge in [0.05, 0.1) is 16.0 Å². The second-order valence-corrected chi connectivity index (χ2v) is 12.9. The molecule has 0 aliphatic heterocycles. The molecule has 2 aliphatic rings. The molecule has 0 spiro atoms. The van der Waals surface area contributed by atoms with E-state index >= 15 is 0 Å². The Labute approximate surface area is 186 Å². The molecule has 0 unspecified atom stereocenters. The molecule has 4 rings (SSSR count). The van der Waals surface area contributed by atoms with Crippen LogP contribution >= 0.6 is 33.9 Å². The van der Waals surface area contributed by atoms with Gasteiger partial charge in [0, 0.05) is 4.43 Å².